The van der Waals surface area contributed by atoms with Crippen LogP contribution in [-0.2, 0) is 23.8 Å². The van der Waals surface area contributed by atoms with Crippen LogP contribution in [0.4, 0.5) is 18.0 Å². The van der Waals surface area contributed by atoms with Crippen molar-refractivity contribution in [2.24, 2.45) is 0 Å². The first kappa shape index (κ1) is 29.2. The third-order valence-corrected chi connectivity index (χ3v) is 5.89. The Hall–Kier alpha value is -3.04. The van der Waals surface area contributed by atoms with E-state index in [1.165, 1.54) is 6.07 Å². The Labute approximate surface area is 209 Å². The molecular weight excluding hydrogens is 477 g/mol. The normalized spacial score (nSPS) is 12.4. The van der Waals surface area contributed by atoms with Crippen molar-refractivity contribution in [2.45, 2.75) is 84.9 Å². The number of rotatable bonds is 13. The Morgan fingerprint density at radius 2 is 1.86 bits per heavy atom. The average Bonchev–Trinajstić information content (AvgIpc) is 2.82. The molecule has 1 N–H and O–H groups in total. The van der Waals surface area contributed by atoms with Gasteiger partial charge in [0.05, 0.1) is 12.2 Å². The van der Waals surface area contributed by atoms with Gasteiger partial charge in [0, 0.05) is 29.6 Å². The van der Waals surface area contributed by atoms with Gasteiger partial charge in [0.25, 0.3) is 0 Å². The number of amides is 3. The Morgan fingerprint density at radius 1 is 1.17 bits per heavy atom. The maximum atomic E-state index is 13.7. The quantitative estimate of drug-likeness (QED) is 0.207. The van der Waals surface area contributed by atoms with Crippen LogP contribution in [0.2, 0.25) is 0 Å². The molecule has 0 saturated carbocycles. The standard InChI is InChI=1S/C26H35F3N2O5/c1-5-10-18-14-20-21(26(27,28)29)15-22(33)36-24(20)19(11-6-2)23(18)35-13-9-8-12-31(16-32)25(34)30-17(4)7-3/h14-17H,5-13H2,1-4H3,(H,30,34). The molecule has 36 heavy (non-hydrogen) atoms. The van der Waals surface area contributed by atoms with Gasteiger partial charge in [-0.15, -0.1) is 0 Å². The predicted octanol–water partition coefficient (Wildman–Crippen LogP) is 5.84. The summed E-state index contributed by atoms with van der Waals surface area (Å²) in [5, 5.41) is 2.59. The van der Waals surface area contributed by atoms with Gasteiger partial charge in [-0.05, 0) is 50.7 Å². The van der Waals surface area contributed by atoms with Crippen LogP contribution in [0.3, 0.4) is 0 Å². The van der Waals surface area contributed by atoms with Crippen molar-refractivity contribution in [3.05, 3.63) is 39.2 Å². The molecule has 0 radical (unpaired) electrons. The number of benzene rings is 1. The van der Waals surface area contributed by atoms with E-state index in [-0.39, 0.29) is 30.2 Å². The molecule has 0 fully saturated rings. The SMILES string of the molecule is CCCc1cc2c(C(F)(F)F)cc(=O)oc2c(CCC)c1OCCCCN(C=O)C(=O)NC(C)CC. The highest BCUT2D eigenvalue weighted by Gasteiger charge is 2.35. The molecule has 10 heteroatoms. The lowest BCUT2D eigenvalue weighted by atomic mass is 9.96. The lowest BCUT2D eigenvalue weighted by molar-refractivity contribution is -0.136. The Morgan fingerprint density at radius 3 is 2.44 bits per heavy atom. The molecule has 0 saturated heterocycles. The molecule has 0 aliphatic carbocycles. The number of ether oxygens (including phenoxy) is 1. The van der Waals surface area contributed by atoms with E-state index >= 15 is 0 Å². The number of nitrogens with one attached hydrogen (secondary N) is 1. The average molecular weight is 513 g/mol. The Bertz CT molecular complexity index is 1100. The molecule has 7 nitrogen and oxygen atoms in total. The summed E-state index contributed by atoms with van der Waals surface area (Å²) in [6.45, 7) is 8.00. The van der Waals surface area contributed by atoms with Gasteiger partial charge in [0.1, 0.15) is 11.3 Å². The van der Waals surface area contributed by atoms with Crippen LogP contribution in [-0.4, -0.2) is 36.5 Å². The minimum absolute atomic E-state index is 0.0527. The maximum Gasteiger partial charge on any atom is 0.417 e. The first-order valence-electron chi connectivity index (χ1n) is 12.4. The zero-order valence-electron chi connectivity index (χ0n) is 21.3. The number of unbranched alkanes of at least 4 members (excludes halogenated alkanes) is 1. The van der Waals surface area contributed by atoms with E-state index in [0.29, 0.717) is 67.9 Å². The topological polar surface area (TPSA) is 88.8 Å². The molecule has 0 aliphatic heterocycles. The number of halogens is 3. The number of urea groups is 1. The summed E-state index contributed by atoms with van der Waals surface area (Å²) in [4.78, 5) is 36.5. The first-order valence-corrected chi connectivity index (χ1v) is 12.4. The summed E-state index contributed by atoms with van der Waals surface area (Å²) >= 11 is 0. The fraction of sp³-hybridized carbons (Fsp3) is 0.577. The van der Waals surface area contributed by atoms with Crippen molar-refractivity contribution in [3.63, 3.8) is 0 Å². The second kappa shape index (κ2) is 13.3. The number of aryl methyl sites for hydroxylation is 2. The second-order valence-electron chi connectivity index (χ2n) is 8.81. The highest BCUT2D eigenvalue weighted by atomic mass is 19.4. The number of alkyl halides is 3. The lowest BCUT2D eigenvalue weighted by Crippen LogP contribution is -2.43. The highest BCUT2D eigenvalue weighted by Crippen LogP contribution is 2.40. The van der Waals surface area contributed by atoms with E-state index in [1.54, 1.807) is 0 Å². The number of carbonyl (C=O) groups excluding carboxylic acids is 2. The van der Waals surface area contributed by atoms with Gasteiger partial charge in [0.15, 0.2) is 0 Å². The summed E-state index contributed by atoms with van der Waals surface area (Å²) < 4.78 is 52.4. The van der Waals surface area contributed by atoms with E-state index < -0.39 is 23.4 Å². The number of carbonyl (C=O) groups is 2. The van der Waals surface area contributed by atoms with Crippen molar-refractivity contribution in [1.29, 1.82) is 0 Å². The lowest BCUT2D eigenvalue weighted by Gasteiger charge is -2.20. The van der Waals surface area contributed by atoms with Crippen LogP contribution in [0.15, 0.2) is 21.3 Å². The van der Waals surface area contributed by atoms with Crippen molar-refractivity contribution >= 4 is 23.4 Å². The predicted molar refractivity (Wildman–Crippen MR) is 131 cm³/mol. The van der Waals surface area contributed by atoms with Gasteiger partial charge in [-0.1, -0.05) is 33.6 Å². The van der Waals surface area contributed by atoms with Crippen LogP contribution >= 0.6 is 0 Å². The Kier molecular flexibility index (Phi) is 10.8. The van der Waals surface area contributed by atoms with Crippen LogP contribution in [0, 0.1) is 0 Å². The highest BCUT2D eigenvalue weighted by molar-refractivity contribution is 5.87. The van der Waals surface area contributed by atoms with Crippen LogP contribution in [0.5, 0.6) is 5.75 Å². The molecule has 1 heterocycles. The van der Waals surface area contributed by atoms with Gasteiger partial charge < -0.3 is 14.5 Å². The summed E-state index contributed by atoms with van der Waals surface area (Å²) in [7, 11) is 0. The van der Waals surface area contributed by atoms with Crippen LogP contribution < -0.4 is 15.7 Å². The van der Waals surface area contributed by atoms with Crippen molar-refractivity contribution in [1.82, 2.24) is 10.2 Å². The van der Waals surface area contributed by atoms with Gasteiger partial charge in [-0.3, -0.25) is 9.69 Å². The summed E-state index contributed by atoms with van der Waals surface area (Å²) in [5.41, 5.74) is -1.11. The first-order chi connectivity index (χ1) is 17.1. The largest absolute Gasteiger partial charge is 0.493 e. The minimum atomic E-state index is -4.70. The molecule has 1 aromatic carbocycles. The zero-order valence-corrected chi connectivity index (χ0v) is 21.3. The van der Waals surface area contributed by atoms with Crippen molar-refractivity contribution < 1.29 is 31.9 Å². The van der Waals surface area contributed by atoms with Gasteiger partial charge >= 0.3 is 17.8 Å². The fourth-order valence-electron chi connectivity index (χ4n) is 3.91. The monoisotopic (exact) mass is 512 g/mol. The van der Waals surface area contributed by atoms with Crippen molar-refractivity contribution in [2.75, 3.05) is 13.2 Å². The molecule has 2 aromatic rings. The molecule has 200 valence electrons. The van der Waals surface area contributed by atoms with E-state index in [2.05, 4.69) is 5.32 Å². The number of fused-ring (bicyclic) bond motifs is 1. The van der Waals surface area contributed by atoms with Crippen LogP contribution in [0.25, 0.3) is 11.0 Å². The number of hydrogen-bond donors (Lipinski definition) is 1. The Balaban J connectivity index is 2.28. The van der Waals surface area contributed by atoms with Gasteiger partial charge in [0.2, 0.25) is 6.41 Å². The molecule has 1 unspecified atom stereocenters. The smallest absolute Gasteiger partial charge is 0.417 e. The van der Waals surface area contributed by atoms with E-state index in [0.717, 1.165) is 11.3 Å². The minimum Gasteiger partial charge on any atom is -0.493 e. The van der Waals surface area contributed by atoms with E-state index in [1.807, 2.05) is 27.7 Å². The third kappa shape index (κ3) is 7.48. The number of imide groups is 1. The zero-order chi connectivity index (χ0) is 26.9. The summed E-state index contributed by atoms with van der Waals surface area (Å²) in [6, 6.07) is 1.39. The van der Waals surface area contributed by atoms with E-state index in [9.17, 15) is 27.6 Å². The number of nitrogens with zero attached hydrogens (tertiary/aromatic N) is 1. The fourth-order valence-corrected chi connectivity index (χ4v) is 3.91. The molecule has 0 bridgehead atoms. The second-order valence-corrected chi connectivity index (χ2v) is 8.81. The van der Waals surface area contributed by atoms with Crippen LogP contribution in [0.1, 0.15) is 76.5 Å². The molecule has 2 rings (SSSR count). The molecule has 3 amide bonds. The van der Waals surface area contributed by atoms with E-state index in [4.69, 9.17) is 9.15 Å². The summed E-state index contributed by atoms with van der Waals surface area (Å²) in [5.74, 6) is 0.440. The maximum absolute atomic E-state index is 13.7. The van der Waals surface area contributed by atoms with Crippen molar-refractivity contribution in [3.8, 4) is 5.75 Å². The molecule has 0 spiro atoms. The molecule has 1 aromatic heterocycles. The molecular formula is C26H35F3N2O5. The third-order valence-electron chi connectivity index (χ3n) is 5.89. The molecule has 1 atom stereocenters. The summed E-state index contributed by atoms with van der Waals surface area (Å²) in [6.07, 6.45) is -0.317. The van der Waals surface area contributed by atoms with Gasteiger partial charge in [-0.25, -0.2) is 9.59 Å². The number of hydrogen-bond acceptors (Lipinski definition) is 5. The van der Waals surface area contributed by atoms with Gasteiger partial charge in [-0.2, -0.15) is 13.2 Å². The molecule has 0 aliphatic rings.